The highest BCUT2D eigenvalue weighted by Crippen LogP contribution is 2.44. The fourth-order valence-corrected chi connectivity index (χ4v) is 5.01. The number of amides is 1. The lowest BCUT2D eigenvalue weighted by Crippen LogP contribution is -2.45. The summed E-state index contributed by atoms with van der Waals surface area (Å²) in [5.74, 6) is 1.65. The standard InChI is InChI=1S/C22H25F3N6O/c23-22(24,25)16-3-7-27-17(13-16)31-12-6-21(20(31)32)4-10-30(11-5-21)19-15-26-14-18(28-19)29-8-1-2-9-29/h3,7,13-15H,1-2,4-6,8-12H2. The first kappa shape index (κ1) is 21.0. The Morgan fingerprint density at radius 3 is 2.16 bits per heavy atom. The van der Waals surface area contributed by atoms with Crippen LogP contribution in [-0.4, -0.2) is 53.6 Å². The molecule has 1 spiro atoms. The van der Waals surface area contributed by atoms with Gasteiger partial charge in [0.05, 0.1) is 23.4 Å². The van der Waals surface area contributed by atoms with E-state index in [1.54, 1.807) is 12.4 Å². The number of anilines is 3. The molecule has 0 aromatic carbocycles. The Balaban J connectivity index is 1.28. The van der Waals surface area contributed by atoms with E-state index in [-0.39, 0.29) is 11.7 Å². The number of rotatable bonds is 3. The first-order valence-electron chi connectivity index (χ1n) is 11.0. The summed E-state index contributed by atoms with van der Waals surface area (Å²) in [7, 11) is 0. The van der Waals surface area contributed by atoms with Gasteiger partial charge in [0.25, 0.3) is 0 Å². The van der Waals surface area contributed by atoms with E-state index < -0.39 is 17.2 Å². The highest BCUT2D eigenvalue weighted by molar-refractivity contribution is 5.99. The minimum Gasteiger partial charge on any atom is -0.355 e. The lowest BCUT2D eigenvalue weighted by Gasteiger charge is -2.38. The zero-order valence-corrected chi connectivity index (χ0v) is 17.7. The number of piperidine rings is 1. The van der Waals surface area contributed by atoms with Crippen molar-refractivity contribution in [2.75, 3.05) is 47.4 Å². The molecule has 3 fully saturated rings. The Labute approximate surface area is 184 Å². The summed E-state index contributed by atoms with van der Waals surface area (Å²) >= 11 is 0. The molecular formula is C22H25F3N6O. The molecule has 0 radical (unpaired) electrons. The van der Waals surface area contributed by atoms with Crippen molar-refractivity contribution in [2.45, 2.75) is 38.3 Å². The lowest BCUT2D eigenvalue weighted by molar-refractivity contribution is -0.137. The van der Waals surface area contributed by atoms with Crippen molar-refractivity contribution < 1.29 is 18.0 Å². The van der Waals surface area contributed by atoms with Crippen molar-refractivity contribution in [3.63, 3.8) is 0 Å². The monoisotopic (exact) mass is 446 g/mol. The van der Waals surface area contributed by atoms with E-state index in [4.69, 9.17) is 4.98 Å². The fraction of sp³-hybridized carbons (Fsp3) is 0.545. The molecule has 2 aromatic heterocycles. The Bertz CT molecular complexity index is 999. The third-order valence-corrected chi connectivity index (χ3v) is 6.95. The van der Waals surface area contributed by atoms with Crippen molar-refractivity contribution in [3.05, 3.63) is 36.3 Å². The molecule has 170 valence electrons. The van der Waals surface area contributed by atoms with Gasteiger partial charge in [-0.05, 0) is 44.2 Å². The predicted octanol–water partition coefficient (Wildman–Crippen LogP) is 3.51. The van der Waals surface area contributed by atoms with Gasteiger partial charge < -0.3 is 9.80 Å². The summed E-state index contributed by atoms with van der Waals surface area (Å²) in [5.41, 5.74) is -1.34. The van der Waals surface area contributed by atoms with Crippen LogP contribution >= 0.6 is 0 Å². The maximum absolute atomic E-state index is 13.3. The van der Waals surface area contributed by atoms with Gasteiger partial charge in [0.1, 0.15) is 17.5 Å². The largest absolute Gasteiger partial charge is 0.416 e. The summed E-state index contributed by atoms with van der Waals surface area (Å²) < 4.78 is 39.2. The van der Waals surface area contributed by atoms with Crippen LogP contribution < -0.4 is 14.7 Å². The maximum atomic E-state index is 13.3. The van der Waals surface area contributed by atoms with Crippen molar-refractivity contribution >= 4 is 23.4 Å². The van der Waals surface area contributed by atoms with Crippen LogP contribution in [0.15, 0.2) is 30.7 Å². The third kappa shape index (κ3) is 3.75. The molecule has 0 N–H and O–H groups in total. The van der Waals surface area contributed by atoms with Gasteiger partial charge in [-0.25, -0.2) is 9.97 Å². The van der Waals surface area contributed by atoms with Gasteiger partial charge in [0, 0.05) is 38.9 Å². The van der Waals surface area contributed by atoms with Crippen LogP contribution in [0.4, 0.5) is 30.6 Å². The molecule has 0 bridgehead atoms. The van der Waals surface area contributed by atoms with Gasteiger partial charge in [-0.2, -0.15) is 13.2 Å². The van der Waals surface area contributed by atoms with Gasteiger partial charge >= 0.3 is 6.18 Å². The minimum atomic E-state index is -4.46. The van der Waals surface area contributed by atoms with Gasteiger partial charge in [-0.1, -0.05) is 0 Å². The van der Waals surface area contributed by atoms with E-state index in [0.717, 1.165) is 55.9 Å². The van der Waals surface area contributed by atoms with Gasteiger partial charge in [-0.15, -0.1) is 0 Å². The highest BCUT2D eigenvalue weighted by atomic mass is 19.4. The van der Waals surface area contributed by atoms with Crippen LogP contribution in [0.3, 0.4) is 0 Å². The molecule has 7 nitrogen and oxygen atoms in total. The van der Waals surface area contributed by atoms with Gasteiger partial charge in [0.15, 0.2) is 0 Å². The topological polar surface area (TPSA) is 65.5 Å². The van der Waals surface area contributed by atoms with Crippen LogP contribution in [0, 0.1) is 5.41 Å². The van der Waals surface area contributed by atoms with E-state index in [0.29, 0.717) is 38.9 Å². The average molecular weight is 446 g/mol. The van der Waals surface area contributed by atoms with Crippen LogP contribution in [0.2, 0.25) is 0 Å². The Kier molecular flexibility index (Phi) is 5.17. The summed E-state index contributed by atoms with van der Waals surface area (Å²) in [4.78, 5) is 32.3. The Morgan fingerprint density at radius 1 is 0.875 bits per heavy atom. The maximum Gasteiger partial charge on any atom is 0.416 e. The molecule has 0 saturated carbocycles. The molecular weight excluding hydrogens is 421 g/mol. The molecule has 2 aromatic rings. The molecule has 3 saturated heterocycles. The number of hydrogen-bond donors (Lipinski definition) is 0. The van der Waals surface area contributed by atoms with E-state index in [9.17, 15) is 18.0 Å². The molecule has 32 heavy (non-hydrogen) atoms. The molecule has 0 atom stereocenters. The number of pyridine rings is 1. The second-order valence-corrected chi connectivity index (χ2v) is 8.80. The zero-order chi connectivity index (χ0) is 22.3. The number of hydrogen-bond acceptors (Lipinski definition) is 6. The van der Waals surface area contributed by atoms with Crippen LogP contribution in [0.5, 0.6) is 0 Å². The molecule has 0 unspecified atom stereocenters. The van der Waals surface area contributed by atoms with Crippen LogP contribution in [0.25, 0.3) is 0 Å². The number of carbonyl (C=O) groups is 1. The fourth-order valence-electron chi connectivity index (χ4n) is 5.01. The number of carbonyl (C=O) groups excluding carboxylic acids is 1. The van der Waals surface area contributed by atoms with Crippen molar-refractivity contribution in [2.24, 2.45) is 5.41 Å². The SMILES string of the molecule is O=C1N(c2cc(C(F)(F)F)ccn2)CCC12CCN(c1cncc(N3CCCC3)n1)CC2. The Hall–Kier alpha value is -2.91. The second kappa shape index (κ2) is 7.90. The zero-order valence-electron chi connectivity index (χ0n) is 17.7. The van der Waals surface area contributed by atoms with E-state index in [1.807, 2.05) is 0 Å². The van der Waals surface area contributed by atoms with Gasteiger partial charge in [0.2, 0.25) is 5.91 Å². The van der Waals surface area contributed by atoms with Crippen molar-refractivity contribution in [3.8, 4) is 0 Å². The van der Waals surface area contributed by atoms with E-state index in [2.05, 4.69) is 19.8 Å². The quantitative estimate of drug-likeness (QED) is 0.719. The number of alkyl halides is 3. The summed E-state index contributed by atoms with van der Waals surface area (Å²) in [6.07, 6.45) is 4.42. The highest BCUT2D eigenvalue weighted by Gasteiger charge is 2.49. The smallest absolute Gasteiger partial charge is 0.355 e. The molecule has 0 aliphatic carbocycles. The molecule has 5 rings (SSSR count). The first-order valence-corrected chi connectivity index (χ1v) is 11.0. The van der Waals surface area contributed by atoms with Crippen molar-refractivity contribution in [1.29, 1.82) is 0 Å². The molecule has 3 aliphatic heterocycles. The Morgan fingerprint density at radius 2 is 1.50 bits per heavy atom. The molecule has 10 heteroatoms. The average Bonchev–Trinajstić information content (AvgIpc) is 3.44. The third-order valence-electron chi connectivity index (χ3n) is 6.95. The number of halogens is 3. The molecule has 3 aliphatic rings. The van der Waals surface area contributed by atoms with Crippen molar-refractivity contribution in [1.82, 2.24) is 15.0 Å². The lowest BCUT2D eigenvalue weighted by atomic mass is 9.77. The molecule has 5 heterocycles. The number of aromatic nitrogens is 3. The summed E-state index contributed by atoms with van der Waals surface area (Å²) in [5, 5.41) is 0. The summed E-state index contributed by atoms with van der Waals surface area (Å²) in [6, 6.07) is 1.89. The van der Waals surface area contributed by atoms with E-state index >= 15 is 0 Å². The normalized spacial score (nSPS) is 21.1. The number of nitrogens with zero attached hydrogens (tertiary/aromatic N) is 6. The predicted molar refractivity (Wildman–Crippen MR) is 114 cm³/mol. The minimum absolute atomic E-state index is 0.0771. The van der Waals surface area contributed by atoms with Gasteiger partial charge in [-0.3, -0.25) is 14.7 Å². The van der Waals surface area contributed by atoms with Crippen LogP contribution in [0.1, 0.15) is 37.7 Å². The summed E-state index contributed by atoms with van der Waals surface area (Å²) in [6.45, 7) is 3.70. The molecule has 1 amide bonds. The van der Waals surface area contributed by atoms with Crippen LogP contribution in [-0.2, 0) is 11.0 Å². The first-order chi connectivity index (χ1) is 15.4. The second-order valence-electron chi connectivity index (χ2n) is 8.80. The van der Waals surface area contributed by atoms with E-state index in [1.165, 1.54) is 4.90 Å².